The second-order valence-corrected chi connectivity index (χ2v) is 8.44. The van der Waals surface area contributed by atoms with Gasteiger partial charge in [-0.25, -0.2) is 13.2 Å². The summed E-state index contributed by atoms with van der Waals surface area (Å²) in [7, 11) is 0. The lowest BCUT2D eigenvalue weighted by Crippen LogP contribution is -2.55. The number of hydrogen-bond acceptors (Lipinski definition) is 5. The lowest BCUT2D eigenvalue weighted by atomic mass is 9.95. The van der Waals surface area contributed by atoms with Gasteiger partial charge in [-0.2, -0.15) is 0 Å². The van der Waals surface area contributed by atoms with Crippen LogP contribution in [0.2, 0.25) is 0 Å². The van der Waals surface area contributed by atoms with Crippen LogP contribution in [0.5, 0.6) is 0 Å². The van der Waals surface area contributed by atoms with Gasteiger partial charge in [0.05, 0.1) is 18.8 Å². The topological polar surface area (TPSA) is 105 Å². The van der Waals surface area contributed by atoms with E-state index in [-0.39, 0.29) is 37.7 Å². The molecule has 1 aromatic rings. The van der Waals surface area contributed by atoms with Crippen molar-refractivity contribution < 1.29 is 32.3 Å². The molecule has 1 saturated heterocycles. The zero-order valence-corrected chi connectivity index (χ0v) is 17.7. The quantitative estimate of drug-likeness (QED) is 0.593. The summed E-state index contributed by atoms with van der Waals surface area (Å²) in [5.74, 6) is -3.23. The Balaban J connectivity index is 2.22. The second-order valence-electron chi connectivity index (χ2n) is 8.44. The van der Waals surface area contributed by atoms with Crippen LogP contribution in [0.4, 0.5) is 24.5 Å². The van der Waals surface area contributed by atoms with E-state index in [1.165, 1.54) is 17.0 Å². The lowest BCUT2D eigenvalue weighted by Gasteiger charge is -2.33. The summed E-state index contributed by atoms with van der Waals surface area (Å²) in [6.45, 7) is 4.76. The molecule has 3 amide bonds. The molecule has 0 aliphatic carbocycles. The van der Waals surface area contributed by atoms with Crippen molar-refractivity contribution in [1.82, 2.24) is 4.90 Å². The van der Waals surface area contributed by atoms with Crippen LogP contribution in [-0.4, -0.2) is 67.9 Å². The molecule has 172 valence electrons. The molecule has 0 saturated carbocycles. The molecule has 1 fully saturated rings. The highest BCUT2D eigenvalue weighted by atomic mass is 19.3. The predicted octanol–water partition coefficient (Wildman–Crippen LogP) is 1.59. The van der Waals surface area contributed by atoms with Crippen molar-refractivity contribution in [3.05, 3.63) is 24.0 Å². The predicted molar refractivity (Wildman–Crippen MR) is 108 cm³/mol. The molecule has 0 unspecified atom stereocenters. The van der Waals surface area contributed by atoms with Crippen LogP contribution in [0.3, 0.4) is 0 Å². The number of alkyl halides is 2. The van der Waals surface area contributed by atoms with Crippen molar-refractivity contribution in [2.45, 2.75) is 33.2 Å². The Hall–Kier alpha value is -2.66. The highest BCUT2D eigenvalue weighted by molar-refractivity contribution is 6.09. The zero-order valence-electron chi connectivity index (χ0n) is 17.7. The molecule has 1 aliphatic heterocycles. The van der Waals surface area contributed by atoms with E-state index in [2.05, 4.69) is 5.32 Å². The molecule has 1 aromatic carbocycles. The first kappa shape index (κ1) is 24.6. The summed E-state index contributed by atoms with van der Waals surface area (Å²) in [6, 6.07) is 1.96. The highest BCUT2D eigenvalue weighted by Gasteiger charge is 2.35. The normalized spacial score (nSPS) is 16.0. The molecular formula is C20H27F3N4O4. The SMILES string of the molecule is CC(C)(C)CN(CC(F)F)[C@H](C(N)=O)C(=O)Nc1ccc(N2CCOCC2=O)c(F)c1. The number of carbonyl (C=O) groups excluding carboxylic acids is 3. The van der Waals surface area contributed by atoms with Gasteiger partial charge < -0.3 is 20.7 Å². The van der Waals surface area contributed by atoms with Gasteiger partial charge in [0.1, 0.15) is 12.4 Å². The van der Waals surface area contributed by atoms with Gasteiger partial charge in [-0.05, 0) is 23.6 Å². The first-order chi connectivity index (χ1) is 14.4. The third-order valence-corrected chi connectivity index (χ3v) is 4.42. The van der Waals surface area contributed by atoms with Crippen LogP contribution in [0.15, 0.2) is 18.2 Å². The van der Waals surface area contributed by atoms with Gasteiger partial charge in [-0.3, -0.25) is 19.3 Å². The van der Waals surface area contributed by atoms with Crippen LogP contribution >= 0.6 is 0 Å². The number of primary amides is 1. The fourth-order valence-electron chi connectivity index (χ4n) is 3.31. The molecule has 2 rings (SSSR count). The number of carbonyl (C=O) groups is 3. The molecule has 8 nitrogen and oxygen atoms in total. The Morgan fingerprint density at radius 3 is 2.52 bits per heavy atom. The van der Waals surface area contributed by atoms with Crippen molar-refractivity contribution in [3.8, 4) is 0 Å². The van der Waals surface area contributed by atoms with E-state index in [0.29, 0.717) is 0 Å². The van der Waals surface area contributed by atoms with E-state index >= 15 is 0 Å². The molecule has 0 spiro atoms. The molecule has 1 heterocycles. The van der Waals surface area contributed by atoms with Gasteiger partial charge in [0.15, 0.2) is 6.04 Å². The maximum Gasteiger partial charge on any atom is 0.253 e. The summed E-state index contributed by atoms with van der Waals surface area (Å²) in [6.07, 6.45) is -2.79. The van der Waals surface area contributed by atoms with E-state index in [4.69, 9.17) is 10.5 Å². The van der Waals surface area contributed by atoms with Crippen LogP contribution in [0.25, 0.3) is 0 Å². The molecule has 0 bridgehead atoms. The largest absolute Gasteiger partial charge is 0.370 e. The first-order valence-corrected chi connectivity index (χ1v) is 9.69. The molecule has 3 N–H and O–H groups in total. The third kappa shape index (κ3) is 6.93. The third-order valence-electron chi connectivity index (χ3n) is 4.42. The van der Waals surface area contributed by atoms with Gasteiger partial charge in [0, 0.05) is 18.8 Å². The summed E-state index contributed by atoms with van der Waals surface area (Å²) >= 11 is 0. The van der Waals surface area contributed by atoms with E-state index in [1.807, 2.05) is 0 Å². The number of halogens is 3. The first-order valence-electron chi connectivity index (χ1n) is 9.69. The van der Waals surface area contributed by atoms with E-state index < -0.39 is 48.0 Å². The van der Waals surface area contributed by atoms with Gasteiger partial charge in [-0.15, -0.1) is 0 Å². The maximum atomic E-state index is 14.6. The minimum atomic E-state index is -2.79. The number of rotatable bonds is 8. The highest BCUT2D eigenvalue weighted by Crippen LogP contribution is 2.25. The van der Waals surface area contributed by atoms with Gasteiger partial charge >= 0.3 is 0 Å². The lowest BCUT2D eigenvalue weighted by molar-refractivity contribution is -0.134. The molecular weight excluding hydrogens is 417 g/mol. The van der Waals surface area contributed by atoms with Crippen LogP contribution in [0, 0.1) is 11.2 Å². The minimum Gasteiger partial charge on any atom is -0.370 e. The Morgan fingerprint density at radius 1 is 1.32 bits per heavy atom. The van der Waals surface area contributed by atoms with Crippen LogP contribution in [-0.2, 0) is 19.1 Å². The molecule has 31 heavy (non-hydrogen) atoms. The fourth-order valence-corrected chi connectivity index (χ4v) is 3.31. The minimum absolute atomic E-state index is 0.00477. The number of nitrogens with zero attached hydrogens (tertiary/aromatic N) is 2. The number of benzene rings is 1. The number of morpholine rings is 1. The monoisotopic (exact) mass is 444 g/mol. The maximum absolute atomic E-state index is 14.6. The number of anilines is 2. The molecule has 11 heteroatoms. The van der Waals surface area contributed by atoms with Crippen molar-refractivity contribution in [2.24, 2.45) is 11.1 Å². The number of nitrogens with one attached hydrogen (secondary N) is 1. The standard InChI is InChI=1S/C20H27F3N4O4/c1-20(2,3)11-26(9-15(22)23)17(18(24)29)19(30)25-12-4-5-14(13(21)8-12)27-6-7-31-10-16(27)28/h4-5,8,15,17H,6-7,9-11H2,1-3H3,(H2,24,29)(H,25,30)/t17-/m1/s1. The Kier molecular flexibility index (Phi) is 8.02. The molecule has 1 atom stereocenters. The van der Waals surface area contributed by atoms with Gasteiger partial charge in [0.25, 0.3) is 18.2 Å². The average molecular weight is 444 g/mol. The summed E-state index contributed by atoms with van der Waals surface area (Å²) in [4.78, 5) is 38.8. The van der Waals surface area contributed by atoms with Crippen molar-refractivity contribution in [3.63, 3.8) is 0 Å². The number of nitrogens with two attached hydrogens (primary N) is 1. The van der Waals surface area contributed by atoms with E-state index in [9.17, 15) is 27.6 Å². The zero-order chi connectivity index (χ0) is 23.3. The van der Waals surface area contributed by atoms with Crippen molar-refractivity contribution >= 4 is 29.1 Å². The van der Waals surface area contributed by atoms with Crippen LogP contribution < -0.4 is 16.0 Å². The smallest absolute Gasteiger partial charge is 0.253 e. The summed E-state index contributed by atoms with van der Waals surface area (Å²) < 4.78 is 45.7. The fraction of sp³-hybridized carbons (Fsp3) is 0.550. The molecule has 0 aromatic heterocycles. The molecule has 1 aliphatic rings. The summed E-state index contributed by atoms with van der Waals surface area (Å²) in [5, 5.41) is 2.35. The van der Waals surface area contributed by atoms with Crippen LogP contribution in [0.1, 0.15) is 20.8 Å². The van der Waals surface area contributed by atoms with Crippen molar-refractivity contribution in [2.75, 3.05) is 43.1 Å². The number of hydrogen-bond donors (Lipinski definition) is 2. The summed E-state index contributed by atoms with van der Waals surface area (Å²) in [5.41, 5.74) is 4.85. The number of amides is 3. The Bertz CT molecular complexity index is 829. The van der Waals surface area contributed by atoms with Gasteiger partial charge in [0.2, 0.25) is 5.91 Å². The van der Waals surface area contributed by atoms with E-state index in [0.717, 1.165) is 11.0 Å². The Labute approximate surface area is 178 Å². The Morgan fingerprint density at radius 2 is 2.00 bits per heavy atom. The van der Waals surface area contributed by atoms with E-state index in [1.54, 1.807) is 20.8 Å². The number of ether oxygens (including phenoxy) is 1. The van der Waals surface area contributed by atoms with Crippen molar-refractivity contribution in [1.29, 1.82) is 0 Å². The average Bonchev–Trinajstić information content (AvgIpc) is 2.60. The van der Waals surface area contributed by atoms with Gasteiger partial charge in [-0.1, -0.05) is 20.8 Å². The second kappa shape index (κ2) is 10.1. The molecule has 0 radical (unpaired) electrons.